The topological polar surface area (TPSA) is 55.3 Å². The highest BCUT2D eigenvalue weighted by Gasteiger charge is 2.01. The average Bonchev–Trinajstić information content (AvgIpc) is 2.76. The SMILES string of the molecule is C=CNC(=NCCN(C)N(C)C)N=C(C\C=C/C=C/C=C\C(=C/C)NC(=C)C=C)SC. The molecule has 7 heteroatoms. The number of aliphatic imine (C=N–C) groups is 2. The van der Waals surface area contributed by atoms with Gasteiger partial charge in [0, 0.05) is 45.5 Å². The molecular weight excluding hydrogens is 404 g/mol. The van der Waals surface area contributed by atoms with Crippen LogP contribution >= 0.6 is 11.8 Å². The lowest BCUT2D eigenvalue weighted by Gasteiger charge is -2.23. The lowest BCUT2D eigenvalue weighted by molar-refractivity contribution is 0.0602. The van der Waals surface area contributed by atoms with E-state index in [2.05, 4.69) is 51.4 Å². The molecule has 2 N–H and O–H groups in total. The number of hydrogen-bond donors (Lipinski definition) is 2. The van der Waals surface area contributed by atoms with Gasteiger partial charge < -0.3 is 10.6 Å². The molecule has 0 aliphatic heterocycles. The molecule has 0 heterocycles. The van der Waals surface area contributed by atoms with Crippen LogP contribution in [0.25, 0.3) is 0 Å². The van der Waals surface area contributed by atoms with Crippen molar-refractivity contribution >= 4 is 22.8 Å². The van der Waals surface area contributed by atoms with Crippen molar-refractivity contribution in [1.29, 1.82) is 0 Å². The molecule has 0 aromatic carbocycles. The first-order valence-electron chi connectivity index (χ1n) is 10.0. The van der Waals surface area contributed by atoms with E-state index >= 15 is 0 Å². The van der Waals surface area contributed by atoms with Crippen molar-refractivity contribution in [3.63, 3.8) is 0 Å². The Morgan fingerprint density at radius 3 is 2.39 bits per heavy atom. The molecule has 0 aliphatic carbocycles. The van der Waals surface area contributed by atoms with Crippen LogP contribution in [0, 0.1) is 0 Å². The van der Waals surface area contributed by atoms with Crippen molar-refractivity contribution < 1.29 is 0 Å². The third-order valence-electron chi connectivity index (χ3n) is 3.97. The number of hydrogen-bond acceptors (Lipinski definition) is 5. The summed E-state index contributed by atoms with van der Waals surface area (Å²) in [5.41, 5.74) is 1.73. The molecule has 170 valence electrons. The van der Waals surface area contributed by atoms with Crippen molar-refractivity contribution in [3.8, 4) is 0 Å². The smallest absolute Gasteiger partial charge is 0.222 e. The van der Waals surface area contributed by atoms with Crippen molar-refractivity contribution in [2.24, 2.45) is 9.98 Å². The number of nitrogens with one attached hydrogen (secondary N) is 2. The van der Waals surface area contributed by atoms with Gasteiger partial charge in [-0.15, -0.1) is 11.8 Å². The zero-order valence-corrected chi connectivity index (χ0v) is 20.5. The molecule has 0 rings (SSSR count). The molecule has 0 aliphatic rings. The summed E-state index contributed by atoms with van der Waals surface area (Å²) in [5, 5.41) is 11.2. The first-order valence-corrected chi connectivity index (χ1v) is 11.3. The molecule has 0 unspecified atom stereocenters. The standard InChI is InChI=1S/C24H38N6S/c1-9-21(4)27-22(10-2)17-15-13-12-14-16-18-23(31-8)28-24(25-11-3)26-19-20-30(7)29(5)6/h9-17,27H,1,3-4,18-20H2,2,5-8H3,(H,25,26)/b13-12+,16-14-,17-15-,22-10+,28-23?. The monoisotopic (exact) mass is 442 g/mol. The molecule has 0 radical (unpaired) electrons. The van der Waals surface area contributed by atoms with Gasteiger partial charge in [0.15, 0.2) is 0 Å². The molecule has 0 fully saturated rings. The highest BCUT2D eigenvalue weighted by atomic mass is 32.2. The predicted molar refractivity (Wildman–Crippen MR) is 141 cm³/mol. The molecule has 0 atom stereocenters. The van der Waals surface area contributed by atoms with Gasteiger partial charge in [-0.1, -0.05) is 56.2 Å². The maximum Gasteiger partial charge on any atom is 0.222 e. The number of rotatable bonds is 13. The lowest BCUT2D eigenvalue weighted by atomic mass is 10.3. The van der Waals surface area contributed by atoms with Crippen molar-refractivity contribution in [3.05, 3.63) is 85.9 Å². The summed E-state index contributed by atoms with van der Waals surface area (Å²) < 4.78 is 0. The van der Waals surface area contributed by atoms with Crippen LogP contribution in [-0.4, -0.2) is 61.5 Å². The minimum Gasteiger partial charge on any atom is -0.356 e. The van der Waals surface area contributed by atoms with E-state index in [1.807, 2.05) is 75.8 Å². The van der Waals surface area contributed by atoms with Crippen LogP contribution in [0.3, 0.4) is 0 Å². The maximum absolute atomic E-state index is 4.62. The Labute approximate surface area is 193 Å². The largest absolute Gasteiger partial charge is 0.356 e. The number of nitrogens with zero attached hydrogens (tertiary/aromatic N) is 4. The minimum absolute atomic E-state index is 0.575. The number of thioether (sulfide) groups is 1. The number of hydrazine groups is 1. The fourth-order valence-electron chi connectivity index (χ4n) is 1.98. The number of likely N-dealkylation sites (N-methyl/N-ethyl adjacent to an activating group) is 1. The Morgan fingerprint density at radius 2 is 1.81 bits per heavy atom. The Kier molecular flexibility index (Phi) is 16.7. The van der Waals surface area contributed by atoms with Gasteiger partial charge in [-0.25, -0.2) is 20.0 Å². The first-order chi connectivity index (χ1) is 14.9. The van der Waals surface area contributed by atoms with Crippen LogP contribution < -0.4 is 10.6 Å². The van der Waals surface area contributed by atoms with Gasteiger partial charge in [0.05, 0.1) is 11.6 Å². The molecule has 0 aromatic rings. The summed E-state index contributed by atoms with van der Waals surface area (Å²) in [6.07, 6.45) is 20.0. The fourth-order valence-corrected chi connectivity index (χ4v) is 2.42. The second-order valence-corrected chi connectivity index (χ2v) is 7.35. The van der Waals surface area contributed by atoms with Crippen molar-refractivity contribution in [1.82, 2.24) is 20.7 Å². The van der Waals surface area contributed by atoms with E-state index in [1.54, 1.807) is 24.0 Å². The summed E-state index contributed by atoms with van der Waals surface area (Å²) in [6.45, 7) is 14.7. The van der Waals surface area contributed by atoms with Crippen LogP contribution in [-0.2, 0) is 0 Å². The lowest BCUT2D eigenvalue weighted by Crippen LogP contribution is -2.35. The molecule has 0 spiro atoms. The Hall–Kier alpha value is -2.61. The third kappa shape index (κ3) is 14.9. The van der Waals surface area contributed by atoms with E-state index < -0.39 is 0 Å². The van der Waals surface area contributed by atoms with Gasteiger partial charge in [-0.05, 0) is 31.5 Å². The van der Waals surface area contributed by atoms with Crippen LogP contribution in [0.2, 0.25) is 0 Å². The third-order valence-corrected chi connectivity index (χ3v) is 4.69. The molecule has 0 saturated carbocycles. The highest BCUT2D eigenvalue weighted by Crippen LogP contribution is 2.05. The summed E-state index contributed by atoms with van der Waals surface area (Å²) >= 11 is 1.61. The molecular formula is C24H38N6S. The predicted octanol–water partition coefficient (Wildman–Crippen LogP) is 4.50. The average molecular weight is 443 g/mol. The molecule has 0 saturated heterocycles. The first kappa shape index (κ1) is 28.4. The number of allylic oxidation sites excluding steroid dienone is 8. The molecule has 0 aromatic heterocycles. The molecule has 0 amide bonds. The van der Waals surface area contributed by atoms with Crippen LogP contribution in [0.5, 0.6) is 0 Å². The minimum atomic E-state index is 0.575. The van der Waals surface area contributed by atoms with E-state index in [0.717, 1.165) is 29.4 Å². The second-order valence-electron chi connectivity index (χ2n) is 6.47. The quantitative estimate of drug-likeness (QED) is 0.190. The van der Waals surface area contributed by atoms with Crippen molar-refractivity contribution in [2.45, 2.75) is 13.3 Å². The Morgan fingerprint density at radius 1 is 1.10 bits per heavy atom. The normalized spacial score (nSPS) is 13.7. The molecule has 6 nitrogen and oxygen atoms in total. The Balaban J connectivity index is 4.81. The van der Waals surface area contributed by atoms with Gasteiger partial charge in [-0.3, -0.25) is 0 Å². The van der Waals surface area contributed by atoms with Gasteiger partial charge in [-0.2, -0.15) is 0 Å². The zero-order chi connectivity index (χ0) is 23.5. The van der Waals surface area contributed by atoms with E-state index in [9.17, 15) is 0 Å². The van der Waals surface area contributed by atoms with Gasteiger partial charge in [0.1, 0.15) is 0 Å². The maximum atomic E-state index is 4.62. The van der Waals surface area contributed by atoms with E-state index in [4.69, 9.17) is 0 Å². The zero-order valence-electron chi connectivity index (χ0n) is 19.6. The van der Waals surface area contributed by atoms with Crippen LogP contribution in [0.4, 0.5) is 0 Å². The van der Waals surface area contributed by atoms with Crippen molar-refractivity contribution in [2.75, 3.05) is 40.5 Å². The van der Waals surface area contributed by atoms with E-state index in [-0.39, 0.29) is 0 Å². The second kappa shape index (κ2) is 18.2. The van der Waals surface area contributed by atoms with Gasteiger partial charge in [0.25, 0.3) is 0 Å². The molecule has 31 heavy (non-hydrogen) atoms. The number of guanidine groups is 1. The van der Waals surface area contributed by atoms with Crippen LogP contribution in [0.15, 0.2) is 95.9 Å². The summed E-state index contributed by atoms with van der Waals surface area (Å²) in [6, 6.07) is 0. The van der Waals surface area contributed by atoms with E-state index in [0.29, 0.717) is 12.5 Å². The Bertz CT molecular complexity index is 741. The van der Waals surface area contributed by atoms with Gasteiger partial charge in [0.2, 0.25) is 5.96 Å². The highest BCUT2D eigenvalue weighted by molar-refractivity contribution is 8.13. The van der Waals surface area contributed by atoms with Gasteiger partial charge >= 0.3 is 0 Å². The summed E-state index contributed by atoms with van der Waals surface area (Å²) in [5.74, 6) is 0.575. The molecule has 0 bridgehead atoms. The fraction of sp³-hybridized carbons (Fsp3) is 0.333. The van der Waals surface area contributed by atoms with E-state index in [1.165, 1.54) is 0 Å². The summed E-state index contributed by atoms with van der Waals surface area (Å²) in [4.78, 5) is 9.16. The summed E-state index contributed by atoms with van der Waals surface area (Å²) in [7, 11) is 6.03. The van der Waals surface area contributed by atoms with Crippen LogP contribution in [0.1, 0.15) is 13.3 Å².